The summed E-state index contributed by atoms with van der Waals surface area (Å²) in [5, 5.41) is 14.7. The number of anilines is 1. The van der Waals surface area contributed by atoms with E-state index >= 15 is 0 Å². The maximum atomic E-state index is 10.8. The molecule has 0 amide bonds. The van der Waals surface area contributed by atoms with Crippen molar-refractivity contribution in [3.8, 4) is 5.75 Å². The first-order chi connectivity index (χ1) is 8.52. The normalized spacial score (nSPS) is 12.2. The van der Waals surface area contributed by atoms with Crippen LogP contribution in [0.25, 0.3) is 0 Å². The summed E-state index contributed by atoms with van der Waals surface area (Å²) in [6.45, 7) is 4.27. The van der Waals surface area contributed by atoms with Gasteiger partial charge in [-0.2, -0.15) is 0 Å². The Bertz CT molecular complexity index is 376. The Morgan fingerprint density at radius 3 is 2.39 bits per heavy atom. The summed E-state index contributed by atoms with van der Waals surface area (Å²) in [5.41, 5.74) is 0.868. The van der Waals surface area contributed by atoms with Crippen molar-refractivity contribution >= 4 is 11.7 Å². The highest BCUT2D eigenvalue weighted by Crippen LogP contribution is 2.16. The van der Waals surface area contributed by atoms with Crippen molar-refractivity contribution in [1.29, 1.82) is 0 Å². The first kappa shape index (κ1) is 14.3. The zero-order chi connectivity index (χ0) is 13.5. The Morgan fingerprint density at radius 1 is 1.33 bits per heavy atom. The molecule has 0 aliphatic heterocycles. The first-order valence-electron chi connectivity index (χ1n) is 5.93. The molecule has 0 fully saturated rings. The number of benzene rings is 1. The number of carbonyl (C=O) groups is 1. The number of likely N-dealkylation sites (N-methyl/N-ethyl adjacent to an activating group) is 1. The molecule has 0 heterocycles. The maximum Gasteiger partial charge on any atom is 0.322 e. The molecule has 100 valence electrons. The van der Waals surface area contributed by atoms with Crippen LogP contribution >= 0.6 is 0 Å². The molecular formula is C13H20N2O3. The molecular weight excluding hydrogens is 232 g/mol. The van der Waals surface area contributed by atoms with Gasteiger partial charge in [0.2, 0.25) is 0 Å². The van der Waals surface area contributed by atoms with E-state index in [1.807, 2.05) is 38.1 Å². The van der Waals surface area contributed by atoms with Crippen molar-refractivity contribution in [3.63, 3.8) is 0 Å². The van der Waals surface area contributed by atoms with E-state index in [1.54, 1.807) is 7.05 Å². The molecule has 18 heavy (non-hydrogen) atoms. The Morgan fingerprint density at radius 2 is 1.94 bits per heavy atom. The van der Waals surface area contributed by atoms with Crippen LogP contribution < -0.4 is 15.4 Å². The molecule has 1 unspecified atom stereocenters. The van der Waals surface area contributed by atoms with Crippen molar-refractivity contribution in [2.45, 2.75) is 26.0 Å². The van der Waals surface area contributed by atoms with E-state index in [9.17, 15) is 4.79 Å². The van der Waals surface area contributed by atoms with Crippen molar-refractivity contribution in [3.05, 3.63) is 24.3 Å². The number of hydrogen-bond donors (Lipinski definition) is 3. The van der Waals surface area contributed by atoms with Crippen LogP contribution in [-0.4, -0.2) is 36.8 Å². The van der Waals surface area contributed by atoms with Gasteiger partial charge >= 0.3 is 5.97 Å². The van der Waals surface area contributed by atoms with Gasteiger partial charge < -0.3 is 20.5 Å². The summed E-state index contributed by atoms with van der Waals surface area (Å²) in [7, 11) is 1.63. The van der Waals surface area contributed by atoms with Gasteiger partial charge in [0.15, 0.2) is 0 Å². The second kappa shape index (κ2) is 6.86. The minimum Gasteiger partial charge on any atom is -0.491 e. The molecule has 0 aromatic heterocycles. The predicted molar refractivity (Wildman–Crippen MR) is 71.2 cm³/mol. The second-order valence-electron chi connectivity index (χ2n) is 4.25. The summed E-state index contributed by atoms with van der Waals surface area (Å²) >= 11 is 0. The fourth-order valence-electron chi connectivity index (χ4n) is 1.46. The second-order valence-corrected chi connectivity index (χ2v) is 4.25. The molecule has 5 nitrogen and oxygen atoms in total. The van der Waals surface area contributed by atoms with Gasteiger partial charge in [-0.05, 0) is 45.2 Å². The van der Waals surface area contributed by atoms with Gasteiger partial charge in [-0.15, -0.1) is 0 Å². The summed E-state index contributed by atoms with van der Waals surface area (Å²) in [4.78, 5) is 10.8. The smallest absolute Gasteiger partial charge is 0.322 e. The van der Waals surface area contributed by atoms with Crippen LogP contribution in [-0.2, 0) is 4.79 Å². The number of carboxylic acids is 1. The number of aliphatic carboxylic acids is 1. The van der Waals surface area contributed by atoms with Crippen LogP contribution in [0.4, 0.5) is 5.69 Å². The third-order valence-corrected chi connectivity index (χ3v) is 2.38. The van der Waals surface area contributed by atoms with Crippen LogP contribution in [0.1, 0.15) is 13.8 Å². The SMILES string of the molecule is CNC(CNc1ccc(OC(C)C)cc1)C(=O)O. The summed E-state index contributed by atoms with van der Waals surface area (Å²) in [6.07, 6.45) is 0.143. The zero-order valence-corrected chi connectivity index (χ0v) is 10.9. The van der Waals surface area contributed by atoms with E-state index in [0.29, 0.717) is 6.54 Å². The molecule has 0 aliphatic rings. The largest absolute Gasteiger partial charge is 0.491 e. The van der Waals surface area contributed by atoms with E-state index < -0.39 is 12.0 Å². The van der Waals surface area contributed by atoms with Gasteiger partial charge in [0, 0.05) is 12.2 Å². The first-order valence-corrected chi connectivity index (χ1v) is 5.93. The fraction of sp³-hybridized carbons (Fsp3) is 0.462. The molecule has 0 spiro atoms. The molecule has 1 aromatic carbocycles. The van der Waals surface area contributed by atoms with Gasteiger partial charge in [0.25, 0.3) is 0 Å². The van der Waals surface area contributed by atoms with E-state index in [1.165, 1.54) is 0 Å². The molecule has 5 heteroatoms. The van der Waals surface area contributed by atoms with Crippen LogP contribution in [0, 0.1) is 0 Å². The Hall–Kier alpha value is -1.75. The highest BCUT2D eigenvalue weighted by Gasteiger charge is 2.13. The Labute approximate surface area is 107 Å². The van der Waals surface area contributed by atoms with E-state index in [4.69, 9.17) is 9.84 Å². The van der Waals surface area contributed by atoms with Gasteiger partial charge in [-0.3, -0.25) is 4.79 Å². The molecule has 0 aliphatic carbocycles. The van der Waals surface area contributed by atoms with E-state index in [0.717, 1.165) is 11.4 Å². The maximum absolute atomic E-state index is 10.8. The molecule has 0 radical (unpaired) electrons. The lowest BCUT2D eigenvalue weighted by molar-refractivity contribution is -0.138. The number of rotatable bonds is 7. The van der Waals surface area contributed by atoms with Crippen molar-refractivity contribution in [1.82, 2.24) is 5.32 Å². The lowest BCUT2D eigenvalue weighted by Gasteiger charge is -2.14. The van der Waals surface area contributed by atoms with E-state index in [2.05, 4.69) is 10.6 Å². The average Bonchev–Trinajstić information content (AvgIpc) is 2.31. The summed E-state index contributed by atoms with van der Waals surface area (Å²) in [5.74, 6) is -0.0660. The molecule has 1 aromatic rings. The zero-order valence-electron chi connectivity index (χ0n) is 10.9. The quantitative estimate of drug-likeness (QED) is 0.687. The van der Waals surface area contributed by atoms with Gasteiger partial charge in [-0.25, -0.2) is 0 Å². The summed E-state index contributed by atoms with van der Waals surface area (Å²) in [6, 6.07) is 6.85. The number of nitrogens with one attached hydrogen (secondary N) is 2. The molecule has 1 atom stereocenters. The van der Waals surface area contributed by atoms with Gasteiger partial charge in [0.05, 0.1) is 6.10 Å². The van der Waals surface area contributed by atoms with Crippen LogP contribution in [0.5, 0.6) is 5.75 Å². The topological polar surface area (TPSA) is 70.6 Å². The summed E-state index contributed by atoms with van der Waals surface area (Å²) < 4.78 is 5.52. The lowest BCUT2D eigenvalue weighted by Crippen LogP contribution is -2.39. The Balaban J connectivity index is 2.50. The van der Waals surface area contributed by atoms with Crippen molar-refractivity contribution in [2.75, 3.05) is 18.9 Å². The highest BCUT2D eigenvalue weighted by atomic mass is 16.5. The number of hydrogen-bond acceptors (Lipinski definition) is 4. The van der Waals surface area contributed by atoms with Gasteiger partial charge in [0.1, 0.15) is 11.8 Å². The molecule has 0 saturated heterocycles. The predicted octanol–water partition coefficient (Wildman–Crippen LogP) is 1.56. The molecule has 3 N–H and O–H groups in total. The highest BCUT2D eigenvalue weighted by molar-refractivity contribution is 5.74. The van der Waals surface area contributed by atoms with Crippen LogP contribution in [0.15, 0.2) is 24.3 Å². The third-order valence-electron chi connectivity index (χ3n) is 2.38. The molecule has 1 rings (SSSR count). The van der Waals surface area contributed by atoms with E-state index in [-0.39, 0.29) is 6.10 Å². The molecule has 0 saturated carbocycles. The monoisotopic (exact) mass is 252 g/mol. The third kappa shape index (κ3) is 4.63. The molecule has 0 bridgehead atoms. The number of carboxylic acid groups (broad SMARTS) is 1. The minimum atomic E-state index is -0.871. The average molecular weight is 252 g/mol. The Kier molecular flexibility index (Phi) is 5.45. The standard InChI is InChI=1S/C13H20N2O3/c1-9(2)18-11-6-4-10(5-7-11)15-8-12(14-3)13(16)17/h4-7,9,12,14-15H,8H2,1-3H3,(H,16,17). The van der Waals surface area contributed by atoms with Crippen LogP contribution in [0.3, 0.4) is 0 Å². The lowest BCUT2D eigenvalue weighted by atomic mass is 10.2. The minimum absolute atomic E-state index is 0.143. The van der Waals surface area contributed by atoms with Crippen molar-refractivity contribution < 1.29 is 14.6 Å². The number of ether oxygens (including phenoxy) is 1. The van der Waals surface area contributed by atoms with Crippen LogP contribution in [0.2, 0.25) is 0 Å². The van der Waals surface area contributed by atoms with Crippen molar-refractivity contribution in [2.24, 2.45) is 0 Å². The fourth-order valence-corrected chi connectivity index (χ4v) is 1.46. The van der Waals surface area contributed by atoms with Gasteiger partial charge in [-0.1, -0.05) is 0 Å².